The van der Waals surface area contributed by atoms with Crippen molar-refractivity contribution in [3.63, 3.8) is 0 Å². The van der Waals surface area contributed by atoms with Crippen LogP contribution in [-0.2, 0) is 10.0 Å². The van der Waals surface area contributed by atoms with Gasteiger partial charge < -0.3 is 5.32 Å². The summed E-state index contributed by atoms with van der Waals surface area (Å²) >= 11 is 12.0. The average molecular weight is 355 g/mol. The third-order valence-electron chi connectivity index (χ3n) is 3.68. The topological polar surface area (TPSA) is 82.6 Å². The van der Waals surface area contributed by atoms with Gasteiger partial charge in [-0.25, -0.2) is 18.1 Å². The van der Waals surface area contributed by atoms with E-state index in [1.54, 1.807) is 6.20 Å². The highest BCUT2D eigenvalue weighted by molar-refractivity contribution is 7.88. The molecule has 1 heterocycles. The van der Waals surface area contributed by atoms with Gasteiger partial charge in [0.25, 0.3) is 0 Å². The van der Waals surface area contributed by atoms with E-state index >= 15 is 0 Å². The Morgan fingerprint density at radius 2 is 2.05 bits per heavy atom. The van der Waals surface area contributed by atoms with Gasteiger partial charge in [-0.1, -0.05) is 18.5 Å². The molecule has 2 aliphatic rings. The van der Waals surface area contributed by atoms with Crippen molar-refractivity contribution in [1.82, 2.24) is 15.4 Å². The van der Waals surface area contributed by atoms with Crippen molar-refractivity contribution in [2.24, 2.45) is 10.9 Å². The van der Waals surface area contributed by atoms with Crippen LogP contribution in [-0.4, -0.2) is 38.2 Å². The summed E-state index contributed by atoms with van der Waals surface area (Å²) in [4.78, 5) is 4.19. The Balaban J connectivity index is 2.08. The third-order valence-corrected chi connectivity index (χ3v) is 4.94. The highest BCUT2D eigenvalue weighted by Gasteiger charge is 2.33. The van der Waals surface area contributed by atoms with Crippen LogP contribution in [0.2, 0.25) is 0 Å². The number of halogens is 2. The first-order valence-electron chi connectivity index (χ1n) is 6.83. The molecule has 0 aromatic rings. The predicted molar refractivity (Wildman–Crippen MR) is 85.9 cm³/mol. The highest BCUT2D eigenvalue weighted by Crippen LogP contribution is 2.26. The van der Waals surface area contributed by atoms with Gasteiger partial charge >= 0.3 is 0 Å². The van der Waals surface area contributed by atoms with Crippen molar-refractivity contribution in [2.75, 3.05) is 6.26 Å². The van der Waals surface area contributed by atoms with Gasteiger partial charge in [-0.05, 0) is 36.8 Å². The van der Waals surface area contributed by atoms with Gasteiger partial charge in [0.15, 0.2) is 5.29 Å². The smallest absolute Gasteiger partial charge is 0.209 e. The summed E-state index contributed by atoms with van der Waals surface area (Å²) in [6, 6.07) is -0.202. The van der Waals surface area contributed by atoms with E-state index in [0.29, 0.717) is 11.0 Å². The van der Waals surface area contributed by atoms with Crippen LogP contribution in [0.25, 0.3) is 0 Å². The maximum atomic E-state index is 11.5. The molecule has 21 heavy (non-hydrogen) atoms. The largest absolute Gasteiger partial charge is 0.336 e. The average Bonchev–Trinajstić information content (AvgIpc) is 2.35. The molecule has 9 heteroatoms. The quantitative estimate of drug-likeness (QED) is 0.664. The standard InChI is InChI=1S/C12H20Cl2N4O2S/c1-7-3-4-9(10(5-7)18-21(2,19)20)16-11-8(13)6-15-12(14)17-11/h6-7,9-11,16,18H,3-5H2,1-2H3,(H,15,17)/t7-,9?,10?,11?/m0/s1. The van der Waals surface area contributed by atoms with Gasteiger partial charge in [-0.2, -0.15) is 0 Å². The molecule has 0 aromatic heterocycles. The van der Waals surface area contributed by atoms with Gasteiger partial charge in [-0.15, -0.1) is 0 Å². The minimum absolute atomic E-state index is 0.0330. The lowest BCUT2D eigenvalue weighted by Gasteiger charge is -2.37. The Bertz CT molecular complexity index is 549. The van der Waals surface area contributed by atoms with Crippen molar-refractivity contribution >= 4 is 38.5 Å². The molecule has 1 saturated carbocycles. The van der Waals surface area contributed by atoms with Crippen molar-refractivity contribution in [2.45, 2.75) is 44.4 Å². The molecule has 120 valence electrons. The maximum absolute atomic E-state index is 11.5. The molecule has 2 rings (SSSR count). The van der Waals surface area contributed by atoms with Crippen LogP contribution < -0.4 is 15.4 Å². The molecule has 3 unspecified atom stereocenters. The van der Waals surface area contributed by atoms with Gasteiger partial charge in [0.05, 0.1) is 11.3 Å². The second-order valence-electron chi connectivity index (χ2n) is 5.68. The second kappa shape index (κ2) is 6.83. The van der Waals surface area contributed by atoms with E-state index < -0.39 is 16.2 Å². The minimum atomic E-state index is -3.26. The summed E-state index contributed by atoms with van der Waals surface area (Å²) in [7, 11) is -3.26. The maximum Gasteiger partial charge on any atom is 0.209 e. The van der Waals surface area contributed by atoms with Crippen molar-refractivity contribution < 1.29 is 8.42 Å². The van der Waals surface area contributed by atoms with Crippen molar-refractivity contribution in [3.05, 3.63) is 11.2 Å². The number of aliphatic imine (C=N–C) groups is 1. The normalized spacial score (nSPS) is 33.9. The van der Waals surface area contributed by atoms with Crippen molar-refractivity contribution in [1.29, 1.82) is 0 Å². The fourth-order valence-corrected chi connectivity index (χ4v) is 3.85. The Morgan fingerprint density at radius 3 is 2.71 bits per heavy atom. The van der Waals surface area contributed by atoms with E-state index in [2.05, 4.69) is 27.3 Å². The van der Waals surface area contributed by atoms with Crippen molar-refractivity contribution in [3.8, 4) is 0 Å². The number of hydrogen-bond donors (Lipinski definition) is 3. The van der Waals surface area contributed by atoms with Crippen LogP contribution in [0.3, 0.4) is 0 Å². The fraction of sp³-hybridized carbons (Fsp3) is 0.750. The molecule has 0 saturated heterocycles. The first kappa shape index (κ1) is 17.0. The second-order valence-corrected chi connectivity index (χ2v) is 8.26. The third kappa shape index (κ3) is 5.10. The molecule has 0 radical (unpaired) electrons. The number of nitrogens with one attached hydrogen (secondary N) is 3. The van der Waals surface area contributed by atoms with E-state index in [-0.39, 0.29) is 17.4 Å². The Kier molecular flexibility index (Phi) is 5.54. The molecular weight excluding hydrogens is 335 g/mol. The number of sulfonamides is 1. The molecule has 0 bridgehead atoms. The molecule has 0 aromatic carbocycles. The molecular formula is C12H20Cl2N4O2S. The Morgan fingerprint density at radius 1 is 1.33 bits per heavy atom. The van der Waals surface area contributed by atoms with Crippen LogP contribution in [0.1, 0.15) is 26.2 Å². The molecule has 0 spiro atoms. The number of nitrogens with zero attached hydrogens (tertiary/aromatic N) is 1. The van der Waals surface area contributed by atoms with E-state index in [1.165, 1.54) is 6.26 Å². The monoisotopic (exact) mass is 354 g/mol. The Hall–Kier alpha value is -0.340. The number of hydrogen-bond acceptors (Lipinski definition) is 5. The first-order chi connectivity index (χ1) is 9.74. The Labute approximate surface area is 135 Å². The number of rotatable bonds is 4. The highest BCUT2D eigenvalue weighted by atomic mass is 35.5. The molecule has 1 fully saturated rings. The molecule has 3 N–H and O–H groups in total. The van der Waals surface area contributed by atoms with Crippen LogP contribution in [0.4, 0.5) is 0 Å². The van der Waals surface area contributed by atoms with Gasteiger partial charge in [0, 0.05) is 18.3 Å². The summed E-state index contributed by atoms with van der Waals surface area (Å²) in [5, 5.41) is 6.77. The molecule has 4 atom stereocenters. The zero-order valence-electron chi connectivity index (χ0n) is 11.9. The molecule has 6 nitrogen and oxygen atoms in total. The summed E-state index contributed by atoms with van der Waals surface area (Å²) in [5.41, 5.74) is 0. The van der Waals surface area contributed by atoms with Crippen LogP contribution in [0.5, 0.6) is 0 Å². The van der Waals surface area contributed by atoms with Crippen LogP contribution in [0.15, 0.2) is 16.2 Å². The van der Waals surface area contributed by atoms with E-state index in [0.717, 1.165) is 19.3 Å². The first-order valence-corrected chi connectivity index (χ1v) is 9.48. The molecule has 0 amide bonds. The SMILES string of the molecule is C[C@H]1CCC(NC2N=C(Cl)NC=C2Cl)C(NS(C)(=O)=O)C1. The molecule has 1 aliphatic heterocycles. The number of amidine groups is 1. The summed E-state index contributed by atoms with van der Waals surface area (Å²) in [6.45, 7) is 2.12. The zero-order chi connectivity index (χ0) is 15.6. The van der Waals surface area contributed by atoms with Crippen LogP contribution in [0, 0.1) is 5.92 Å². The zero-order valence-corrected chi connectivity index (χ0v) is 14.3. The van der Waals surface area contributed by atoms with E-state index in [1.807, 2.05) is 0 Å². The minimum Gasteiger partial charge on any atom is -0.336 e. The fourth-order valence-electron chi connectivity index (χ4n) is 2.72. The summed E-state index contributed by atoms with van der Waals surface area (Å²) in [5.74, 6) is 0.480. The van der Waals surface area contributed by atoms with Gasteiger partial charge in [-0.3, -0.25) is 5.32 Å². The van der Waals surface area contributed by atoms with E-state index in [9.17, 15) is 8.42 Å². The lowest BCUT2D eigenvalue weighted by molar-refractivity contribution is 0.248. The summed E-state index contributed by atoms with van der Waals surface area (Å²) < 4.78 is 25.8. The summed E-state index contributed by atoms with van der Waals surface area (Å²) in [6.07, 6.45) is 4.99. The van der Waals surface area contributed by atoms with Crippen LogP contribution >= 0.6 is 23.2 Å². The predicted octanol–water partition coefficient (Wildman–Crippen LogP) is 1.29. The lowest BCUT2D eigenvalue weighted by Crippen LogP contribution is -2.55. The van der Waals surface area contributed by atoms with E-state index in [4.69, 9.17) is 23.2 Å². The van der Waals surface area contributed by atoms with Gasteiger partial charge in [0.2, 0.25) is 10.0 Å². The molecule has 1 aliphatic carbocycles. The lowest BCUT2D eigenvalue weighted by atomic mass is 9.84. The van der Waals surface area contributed by atoms with Gasteiger partial charge in [0.1, 0.15) is 6.17 Å².